The van der Waals surface area contributed by atoms with Crippen LogP contribution in [0.3, 0.4) is 0 Å². The monoisotopic (exact) mass is 344 g/mol. The molecule has 1 aromatic heterocycles. The molecule has 5 nitrogen and oxygen atoms in total. The largest absolute Gasteiger partial charge is 0.618 e. The number of nitrogens with zero attached hydrogens (tertiary/aromatic N) is 1. The number of pyridine rings is 1. The van der Waals surface area contributed by atoms with Crippen molar-refractivity contribution in [2.75, 3.05) is 5.32 Å². The molecule has 0 fully saturated rings. The Morgan fingerprint density at radius 1 is 1.08 bits per heavy atom. The molecule has 2 rings (SSSR count). The maximum Gasteiger partial charge on any atom is 0.252 e. The Labute approximate surface area is 145 Å². The number of thioether (sulfide) groups is 1. The number of hydrogen-bond donors (Lipinski definition) is 1. The van der Waals surface area contributed by atoms with Gasteiger partial charge in [-0.05, 0) is 49.0 Å². The van der Waals surface area contributed by atoms with E-state index in [9.17, 15) is 14.8 Å². The Morgan fingerprint density at radius 2 is 1.75 bits per heavy atom. The van der Waals surface area contributed by atoms with Gasteiger partial charge in [-0.2, -0.15) is 4.73 Å². The molecule has 24 heavy (non-hydrogen) atoms. The van der Waals surface area contributed by atoms with Gasteiger partial charge in [0.15, 0.2) is 12.0 Å². The van der Waals surface area contributed by atoms with Gasteiger partial charge in [-0.25, -0.2) is 0 Å². The number of Topliss-reactive ketones (excluding diaryl/α,β-unsaturated/α-hetero) is 1. The molecule has 1 unspecified atom stereocenters. The number of aromatic nitrogens is 1. The number of benzene rings is 1. The Morgan fingerprint density at radius 3 is 2.33 bits per heavy atom. The maximum atomic E-state index is 12.5. The van der Waals surface area contributed by atoms with Crippen LogP contribution in [-0.4, -0.2) is 16.9 Å². The Kier molecular flexibility index (Phi) is 5.98. The molecule has 0 aliphatic carbocycles. The molecule has 0 saturated heterocycles. The van der Waals surface area contributed by atoms with E-state index in [1.807, 2.05) is 13.8 Å². The highest BCUT2D eigenvalue weighted by Crippen LogP contribution is 2.23. The van der Waals surface area contributed by atoms with Crippen LogP contribution in [0.5, 0.6) is 0 Å². The smallest absolute Gasteiger partial charge is 0.252 e. The molecule has 0 aliphatic heterocycles. The Balaban J connectivity index is 2.04. The first kappa shape index (κ1) is 18.0. The molecular formula is C18H20N2O3S. The molecule has 0 radical (unpaired) electrons. The fourth-order valence-electron chi connectivity index (χ4n) is 1.98. The van der Waals surface area contributed by atoms with Crippen LogP contribution in [0.2, 0.25) is 0 Å². The standard InChI is InChI=1S/C18H20N2O3S/c1-12(2)18(22)19-15-9-7-14(8-10-15)17(21)13(3)24-16-6-4-5-11-20(16)23/h4-13H,1-3H3,(H,19,22). The van der Waals surface area contributed by atoms with E-state index in [4.69, 9.17) is 0 Å². The number of nitrogens with one attached hydrogen (secondary N) is 1. The Hall–Kier alpha value is -2.34. The van der Waals surface area contributed by atoms with E-state index in [1.54, 1.807) is 49.4 Å². The lowest BCUT2D eigenvalue weighted by atomic mass is 10.1. The van der Waals surface area contributed by atoms with Crippen molar-refractivity contribution < 1.29 is 14.3 Å². The number of anilines is 1. The van der Waals surface area contributed by atoms with Crippen molar-refractivity contribution >= 4 is 29.1 Å². The van der Waals surface area contributed by atoms with Gasteiger partial charge in [0.25, 0.3) is 5.03 Å². The second-order valence-corrected chi connectivity index (χ2v) is 7.07. The van der Waals surface area contributed by atoms with E-state index >= 15 is 0 Å². The second kappa shape index (κ2) is 7.97. The van der Waals surface area contributed by atoms with Gasteiger partial charge < -0.3 is 10.5 Å². The van der Waals surface area contributed by atoms with Crippen LogP contribution >= 0.6 is 11.8 Å². The summed E-state index contributed by atoms with van der Waals surface area (Å²) >= 11 is 1.22. The molecular weight excluding hydrogens is 324 g/mol. The molecule has 6 heteroatoms. The normalized spacial score (nSPS) is 12.0. The molecule has 1 amide bonds. The van der Waals surface area contributed by atoms with Gasteiger partial charge in [-0.1, -0.05) is 13.8 Å². The van der Waals surface area contributed by atoms with E-state index in [2.05, 4.69) is 5.32 Å². The minimum absolute atomic E-state index is 0.0643. The van der Waals surface area contributed by atoms with Gasteiger partial charge in [-0.15, -0.1) is 0 Å². The third kappa shape index (κ3) is 4.58. The van der Waals surface area contributed by atoms with Crippen LogP contribution in [0.1, 0.15) is 31.1 Å². The molecule has 0 bridgehead atoms. The SMILES string of the molecule is CC(C)C(=O)Nc1ccc(C(=O)C(C)Sc2cccc[n+]2[O-])cc1. The van der Waals surface area contributed by atoms with E-state index in [0.29, 0.717) is 16.3 Å². The molecule has 1 heterocycles. The molecule has 126 valence electrons. The minimum atomic E-state index is -0.385. The molecule has 2 aromatic rings. The summed E-state index contributed by atoms with van der Waals surface area (Å²) < 4.78 is 0.749. The van der Waals surface area contributed by atoms with Gasteiger partial charge in [0.05, 0.1) is 5.25 Å². The number of carbonyl (C=O) groups is 2. The summed E-state index contributed by atoms with van der Waals surface area (Å²) in [4.78, 5) is 24.1. The van der Waals surface area contributed by atoms with E-state index in [0.717, 1.165) is 4.73 Å². The third-order valence-corrected chi connectivity index (χ3v) is 4.54. The summed E-state index contributed by atoms with van der Waals surface area (Å²) in [6.07, 6.45) is 1.41. The number of carbonyl (C=O) groups excluding carboxylic acids is 2. The highest BCUT2D eigenvalue weighted by Gasteiger charge is 2.20. The van der Waals surface area contributed by atoms with Gasteiger partial charge in [0.2, 0.25) is 5.91 Å². The quantitative estimate of drug-likeness (QED) is 0.378. The fourth-order valence-corrected chi connectivity index (χ4v) is 2.90. The van der Waals surface area contributed by atoms with Crippen molar-refractivity contribution in [1.82, 2.24) is 0 Å². The molecule has 0 saturated carbocycles. The van der Waals surface area contributed by atoms with Crippen molar-refractivity contribution in [3.8, 4) is 0 Å². The predicted molar refractivity (Wildman–Crippen MR) is 95.0 cm³/mol. The predicted octanol–water partition coefficient (Wildman–Crippen LogP) is 3.28. The number of rotatable bonds is 6. The van der Waals surface area contributed by atoms with Gasteiger partial charge in [0, 0.05) is 29.3 Å². The van der Waals surface area contributed by atoms with Crippen LogP contribution in [-0.2, 0) is 4.79 Å². The van der Waals surface area contributed by atoms with Crippen LogP contribution in [0.4, 0.5) is 5.69 Å². The van der Waals surface area contributed by atoms with Crippen LogP contribution in [0.25, 0.3) is 0 Å². The van der Waals surface area contributed by atoms with E-state index in [-0.39, 0.29) is 22.9 Å². The Bertz CT molecular complexity index is 729. The van der Waals surface area contributed by atoms with Crippen LogP contribution in [0, 0.1) is 11.1 Å². The highest BCUT2D eigenvalue weighted by atomic mass is 32.2. The van der Waals surface area contributed by atoms with E-state index in [1.165, 1.54) is 18.0 Å². The zero-order valence-electron chi connectivity index (χ0n) is 13.9. The zero-order chi connectivity index (χ0) is 17.7. The number of amides is 1. The molecule has 1 N–H and O–H groups in total. The number of hydrogen-bond acceptors (Lipinski definition) is 4. The van der Waals surface area contributed by atoms with Crippen molar-refractivity contribution in [2.45, 2.75) is 31.0 Å². The maximum absolute atomic E-state index is 12.5. The van der Waals surface area contributed by atoms with Gasteiger partial charge >= 0.3 is 0 Å². The van der Waals surface area contributed by atoms with Crippen molar-refractivity contribution in [3.05, 3.63) is 59.4 Å². The summed E-state index contributed by atoms with van der Waals surface area (Å²) in [7, 11) is 0. The average Bonchev–Trinajstić information content (AvgIpc) is 2.56. The molecule has 0 spiro atoms. The summed E-state index contributed by atoms with van der Waals surface area (Å²) in [6, 6.07) is 11.9. The summed E-state index contributed by atoms with van der Waals surface area (Å²) in [5.74, 6) is -0.236. The first-order valence-corrected chi connectivity index (χ1v) is 8.56. The van der Waals surface area contributed by atoms with Gasteiger partial charge in [-0.3, -0.25) is 9.59 Å². The first-order valence-electron chi connectivity index (χ1n) is 7.68. The average molecular weight is 344 g/mol. The van der Waals surface area contributed by atoms with Gasteiger partial charge in [0.1, 0.15) is 0 Å². The highest BCUT2D eigenvalue weighted by molar-refractivity contribution is 8.00. The molecule has 1 aromatic carbocycles. The molecule has 1 atom stereocenters. The minimum Gasteiger partial charge on any atom is -0.618 e. The molecule has 0 aliphatic rings. The van der Waals surface area contributed by atoms with Crippen molar-refractivity contribution in [3.63, 3.8) is 0 Å². The lowest BCUT2D eigenvalue weighted by molar-refractivity contribution is -0.645. The lowest BCUT2D eigenvalue weighted by Crippen LogP contribution is -2.29. The summed E-state index contributed by atoms with van der Waals surface area (Å²) in [5, 5.41) is 14.5. The first-order chi connectivity index (χ1) is 11.4. The lowest BCUT2D eigenvalue weighted by Gasteiger charge is -2.11. The number of ketones is 1. The van der Waals surface area contributed by atoms with Crippen molar-refractivity contribution in [2.24, 2.45) is 5.92 Å². The van der Waals surface area contributed by atoms with Crippen LogP contribution < -0.4 is 10.0 Å². The zero-order valence-corrected chi connectivity index (χ0v) is 14.7. The summed E-state index contributed by atoms with van der Waals surface area (Å²) in [5.41, 5.74) is 1.21. The fraction of sp³-hybridized carbons (Fsp3) is 0.278. The van der Waals surface area contributed by atoms with E-state index < -0.39 is 0 Å². The van der Waals surface area contributed by atoms with Crippen molar-refractivity contribution in [1.29, 1.82) is 0 Å². The van der Waals surface area contributed by atoms with Crippen LogP contribution in [0.15, 0.2) is 53.7 Å². The third-order valence-electron chi connectivity index (χ3n) is 3.42. The summed E-state index contributed by atoms with van der Waals surface area (Å²) in [6.45, 7) is 5.41. The second-order valence-electron chi connectivity index (χ2n) is 5.71. The topological polar surface area (TPSA) is 73.1 Å².